The summed E-state index contributed by atoms with van der Waals surface area (Å²) < 4.78 is 32.9. The van der Waals surface area contributed by atoms with Gasteiger partial charge in [0.2, 0.25) is 0 Å². The third-order valence-corrected chi connectivity index (χ3v) is 12.9. The first-order chi connectivity index (χ1) is 30.0. The molecule has 1 rings (SSSR count). The third-order valence-electron chi connectivity index (χ3n) is 11.9. The van der Waals surface area contributed by atoms with Gasteiger partial charge in [0, 0.05) is 31.7 Å². The smallest absolute Gasteiger partial charge is 0.462 e. The summed E-state index contributed by atoms with van der Waals surface area (Å²) >= 11 is 0. The van der Waals surface area contributed by atoms with Gasteiger partial charge in [0.25, 0.3) is 0 Å². The lowest BCUT2D eigenvalue weighted by molar-refractivity contribution is -0.161. The minimum atomic E-state index is -4.43. The molecule has 1 aliphatic carbocycles. The van der Waals surface area contributed by atoms with Crippen molar-refractivity contribution in [3.05, 3.63) is 24.3 Å². The van der Waals surface area contributed by atoms with Gasteiger partial charge in [0.15, 0.2) is 6.10 Å². The zero-order valence-corrected chi connectivity index (χ0v) is 40.1. The van der Waals surface area contributed by atoms with Crippen molar-refractivity contribution in [1.29, 1.82) is 0 Å². The molecule has 0 radical (unpaired) electrons. The summed E-state index contributed by atoms with van der Waals surface area (Å²) in [6, 6.07) is 0. The lowest BCUT2D eigenvalue weighted by Gasteiger charge is -2.21. The summed E-state index contributed by atoms with van der Waals surface area (Å²) in [5.41, 5.74) is 5.36. The molecule has 0 saturated heterocycles. The normalized spacial score (nSPS) is 19.9. The maximum absolute atomic E-state index is 12.7. The van der Waals surface area contributed by atoms with Crippen LogP contribution in [0.4, 0.5) is 0 Å². The van der Waals surface area contributed by atoms with Crippen LogP contribution in [-0.4, -0.2) is 82.9 Å². The largest absolute Gasteiger partial charge is 0.472 e. The van der Waals surface area contributed by atoms with E-state index >= 15 is 0 Å². The van der Waals surface area contributed by atoms with E-state index in [0.717, 1.165) is 64.2 Å². The van der Waals surface area contributed by atoms with Gasteiger partial charge < -0.3 is 35.4 Å². The van der Waals surface area contributed by atoms with E-state index in [4.69, 9.17) is 24.3 Å². The van der Waals surface area contributed by atoms with Gasteiger partial charge in [0.1, 0.15) is 6.61 Å². The number of hydrogen-bond acceptors (Lipinski definition) is 11. The number of aliphatic hydroxyl groups is 3. The zero-order valence-electron chi connectivity index (χ0n) is 39.2. The number of carbonyl (C=O) groups is 2. The topological polar surface area (TPSA) is 195 Å². The number of hydrogen-bond donors (Lipinski definition) is 5. The molecule has 6 N–H and O–H groups in total. The molecule has 0 aliphatic heterocycles. The second-order valence-electron chi connectivity index (χ2n) is 17.6. The standard InChI is InChI=1S/C49H92NO11P/c1-3-5-7-8-9-10-11-12-13-14-15-16-17-18-19-20-21-22-23-24-30-34-49(55)61-43(41-60-62(56,57)59-38-37-50)40-58-48(54)33-29-26-25-28-32-44-45(47(53)39-46(44)52)36-35-42(51)31-27-6-4-2/h12-13,35-36,42-47,51-53H,3-11,14-34,37-41,50H2,1-2H3,(H,56,57)/b13-12-,36-35+/t42-,43+,44+,45+,46-,47+/m0/s1. The predicted molar refractivity (Wildman–Crippen MR) is 249 cm³/mol. The van der Waals surface area contributed by atoms with Crippen molar-refractivity contribution in [1.82, 2.24) is 0 Å². The molecule has 0 aromatic heterocycles. The van der Waals surface area contributed by atoms with Crippen LogP contribution in [0.1, 0.15) is 213 Å². The van der Waals surface area contributed by atoms with Crippen LogP contribution in [0.15, 0.2) is 24.3 Å². The summed E-state index contributed by atoms with van der Waals surface area (Å²) in [5, 5.41) is 31.4. The molecular formula is C49H92NO11P. The Bertz CT molecular complexity index is 1190. The van der Waals surface area contributed by atoms with Crippen LogP contribution in [0.25, 0.3) is 0 Å². The Balaban J connectivity index is 2.27. The number of nitrogens with two attached hydrogens (primary N) is 1. The fraction of sp³-hybridized carbons (Fsp3) is 0.878. The van der Waals surface area contributed by atoms with E-state index in [0.29, 0.717) is 25.7 Å². The van der Waals surface area contributed by atoms with Crippen LogP contribution in [-0.2, 0) is 32.7 Å². The van der Waals surface area contributed by atoms with E-state index in [9.17, 15) is 34.4 Å². The number of esters is 2. The number of rotatable bonds is 43. The van der Waals surface area contributed by atoms with Crippen LogP contribution in [0.2, 0.25) is 0 Å². The highest BCUT2D eigenvalue weighted by Gasteiger charge is 2.39. The number of phosphoric ester groups is 1. The monoisotopic (exact) mass is 902 g/mol. The van der Waals surface area contributed by atoms with Crippen LogP contribution >= 0.6 is 7.82 Å². The minimum Gasteiger partial charge on any atom is -0.462 e. The van der Waals surface area contributed by atoms with Crippen LogP contribution in [0.3, 0.4) is 0 Å². The number of ether oxygens (including phenoxy) is 2. The number of phosphoric acid groups is 1. The Morgan fingerprint density at radius 1 is 0.677 bits per heavy atom. The van der Waals surface area contributed by atoms with E-state index in [1.54, 1.807) is 6.08 Å². The molecule has 0 aromatic rings. The molecule has 0 bridgehead atoms. The zero-order chi connectivity index (χ0) is 45.5. The van der Waals surface area contributed by atoms with E-state index in [-0.39, 0.29) is 44.4 Å². The summed E-state index contributed by atoms with van der Waals surface area (Å²) in [7, 11) is -4.43. The fourth-order valence-electron chi connectivity index (χ4n) is 8.14. The average molecular weight is 902 g/mol. The Hall–Kier alpha value is -1.63. The molecule has 0 amide bonds. The Labute approximate surface area is 377 Å². The average Bonchev–Trinajstić information content (AvgIpc) is 3.52. The number of unbranched alkanes of at least 4 members (excludes halogenated alkanes) is 22. The molecule has 0 heterocycles. The first-order valence-electron chi connectivity index (χ1n) is 25.1. The molecular weight excluding hydrogens is 810 g/mol. The van der Waals surface area contributed by atoms with Crippen LogP contribution in [0, 0.1) is 11.8 Å². The van der Waals surface area contributed by atoms with Crippen LogP contribution in [0.5, 0.6) is 0 Å². The molecule has 1 unspecified atom stereocenters. The maximum Gasteiger partial charge on any atom is 0.472 e. The molecule has 0 aromatic carbocycles. The van der Waals surface area contributed by atoms with Gasteiger partial charge in [-0.2, -0.15) is 0 Å². The van der Waals surface area contributed by atoms with E-state index in [1.165, 1.54) is 96.3 Å². The number of aliphatic hydroxyl groups excluding tert-OH is 3. The molecule has 7 atom stereocenters. The van der Waals surface area contributed by atoms with Crippen LogP contribution < -0.4 is 5.73 Å². The Kier molecular flexibility index (Phi) is 37.4. The van der Waals surface area contributed by atoms with Crippen molar-refractivity contribution < 1.29 is 52.9 Å². The molecule has 0 spiro atoms. The Morgan fingerprint density at radius 3 is 1.77 bits per heavy atom. The lowest BCUT2D eigenvalue weighted by atomic mass is 9.88. The number of allylic oxidation sites excluding steroid dienone is 2. The quantitative estimate of drug-likeness (QED) is 0.0168. The van der Waals surface area contributed by atoms with E-state index < -0.39 is 50.8 Å². The molecule has 1 fully saturated rings. The number of carbonyl (C=O) groups excluding carboxylic acids is 2. The highest BCUT2D eigenvalue weighted by atomic mass is 31.2. The first-order valence-corrected chi connectivity index (χ1v) is 26.6. The predicted octanol–water partition coefficient (Wildman–Crippen LogP) is 11.1. The van der Waals surface area contributed by atoms with Crippen molar-refractivity contribution in [2.45, 2.75) is 237 Å². The molecule has 1 saturated carbocycles. The summed E-state index contributed by atoms with van der Waals surface area (Å²) in [6.45, 7) is 3.42. The minimum absolute atomic E-state index is 0.0232. The molecule has 1 aliphatic rings. The van der Waals surface area contributed by atoms with Gasteiger partial charge in [-0.3, -0.25) is 18.6 Å². The maximum atomic E-state index is 12.7. The highest BCUT2D eigenvalue weighted by Crippen LogP contribution is 2.43. The van der Waals surface area contributed by atoms with E-state index in [2.05, 4.69) is 26.0 Å². The second kappa shape index (κ2) is 39.7. The van der Waals surface area contributed by atoms with Crippen molar-refractivity contribution in [2.24, 2.45) is 17.6 Å². The first kappa shape index (κ1) is 58.4. The van der Waals surface area contributed by atoms with Gasteiger partial charge in [0.05, 0.1) is 31.5 Å². The summed E-state index contributed by atoms with van der Waals surface area (Å²) in [4.78, 5) is 35.2. The third kappa shape index (κ3) is 32.9. The van der Waals surface area contributed by atoms with E-state index in [1.807, 2.05) is 6.08 Å². The highest BCUT2D eigenvalue weighted by molar-refractivity contribution is 7.47. The molecule has 13 heteroatoms. The Morgan fingerprint density at radius 2 is 1.19 bits per heavy atom. The van der Waals surface area contributed by atoms with Crippen molar-refractivity contribution in [3.63, 3.8) is 0 Å². The molecule has 364 valence electrons. The van der Waals surface area contributed by atoms with Crippen molar-refractivity contribution in [3.8, 4) is 0 Å². The van der Waals surface area contributed by atoms with Crippen molar-refractivity contribution >= 4 is 19.8 Å². The summed E-state index contributed by atoms with van der Waals surface area (Å²) in [5.74, 6) is -1.24. The van der Waals surface area contributed by atoms with Gasteiger partial charge in [-0.05, 0) is 57.3 Å². The van der Waals surface area contributed by atoms with Crippen molar-refractivity contribution in [2.75, 3.05) is 26.4 Å². The second-order valence-corrected chi connectivity index (χ2v) is 19.1. The van der Waals surface area contributed by atoms with Gasteiger partial charge >= 0.3 is 19.8 Å². The van der Waals surface area contributed by atoms with Gasteiger partial charge in [-0.25, -0.2) is 4.57 Å². The van der Waals surface area contributed by atoms with Gasteiger partial charge in [-0.15, -0.1) is 0 Å². The van der Waals surface area contributed by atoms with Gasteiger partial charge in [-0.1, -0.05) is 167 Å². The SMILES string of the molecule is CCCCCCCC/C=C\CCCCCCCCCCCCCC(=O)O[C@H](COC(=O)CCCCCC[C@@H]1[C@@H](/C=C/[C@@H](O)CCCCC)[C@H](O)C[C@@H]1O)COP(=O)(O)OCCN. The molecule has 62 heavy (non-hydrogen) atoms. The lowest BCUT2D eigenvalue weighted by Crippen LogP contribution is -2.29. The molecule has 12 nitrogen and oxygen atoms in total. The fourth-order valence-corrected chi connectivity index (χ4v) is 8.90. The summed E-state index contributed by atoms with van der Waals surface area (Å²) in [6.07, 6.45) is 37.0.